The molecular formula is C27H32BrCl2N5O2S. The van der Waals surface area contributed by atoms with Crippen molar-refractivity contribution in [1.82, 2.24) is 20.1 Å². The van der Waals surface area contributed by atoms with Crippen LogP contribution < -0.4 is 10.6 Å². The fraction of sp³-hybridized carbons (Fsp3) is 0.407. The smallest absolute Gasteiger partial charge is 0.253 e. The molecule has 1 heterocycles. The van der Waals surface area contributed by atoms with Crippen molar-refractivity contribution >= 4 is 68.4 Å². The van der Waals surface area contributed by atoms with E-state index in [4.69, 9.17) is 23.2 Å². The number of nitrogens with zero attached hydrogens (tertiary/aromatic N) is 3. The lowest BCUT2D eigenvalue weighted by Gasteiger charge is -2.21. The third kappa shape index (κ3) is 7.97. The average molecular weight is 641 g/mol. The van der Waals surface area contributed by atoms with Crippen LogP contribution in [-0.2, 0) is 11.3 Å². The molecule has 0 aliphatic carbocycles. The molecule has 0 aliphatic rings. The van der Waals surface area contributed by atoms with Crippen LogP contribution in [0.3, 0.4) is 0 Å². The van der Waals surface area contributed by atoms with Gasteiger partial charge in [0, 0.05) is 21.7 Å². The highest BCUT2D eigenvalue weighted by molar-refractivity contribution is 9.10. The van der Waals surface area contributed by atoms with Crippen LogP contribution >= 0.6 is 50.9 Å². The minimum absolute atomic E-state index is 0.129. The van der Waals surface area contributed by atoms with E-state index < -0.39 is 0 Å². The third-order valence-electron chi connectivity index (χ3n) is 5.80. The number of nitrogens with one attached hydrogen (secondary N) is 2. The van der Waals surface area contributed by atoms with Gasteiger partial charge in [-0.15, -0.1) is 10.2 Å². The molecule has 1 atom stereocenters. The van der Waals surface area contributed by atoms with E-state index in [-0.39, 0.29) is 40.5 Å². The number of benzene rings is 2. The lowest BCUT2D eigenvalue weighted by atomic mass is 10.0. The van der Waals surface area contributed by atoms with Gasteiger partial charge in [0.25, 0.3) is 5.91 Å². The quantitative estimate of drug-likeness (QED) is 0.209. The Kier molecular flexibility index (Phi) is 11.1. The summed E-state index contributed by atoms with van der Waals surface area (Å²) in [4.78, 5) is 25.9. The Hall–Kier alpha value is -2.07. The lowest BCUT2D eigenvalue weighted by Crippen LogP contribution is -2.32. The van der Waals surface area contributed by atoms with Gasteiger partial charge in [0.1, 0.15) is 0 Å². The van der Waals surface area contributed by atoms with Crippen LogP contribution in [0, 0.1) is 5.92 Å². The van der Waals surface area contributed by atoms with E-state index in [2.05, 4.69) is 64.5 Å². The maximum absolute atomic E-state index is 13.1. The van der Waals surface area contributed by atoms with Crippen molar-refractivity contribution in [1.29, 1.82) is 0 Å². The molecule has 2 amide bonds. The van der Waals surface area contributed by atoms with Gasteiger partial charge in [-0.3, -0.25) is 9.59 Å². The van der Waals surface area contributed by atoms with E-state index in [0.717, 1.165) is 15.7 Å². The summed E-state index contributed by atoms with van der Waals surface area (Å²) in [6, 6.07) is 10.2. The van der Waals surface area contributed by atoms with E-state index in [1.807, 2.05) is 29.7 Å². The fourth-order valence-corrected chi connectivity index (χ4v) is 5.70. The molecule has 0 unspecified atom stereocenters. The number of anilines is 1. The Balaban J connectivity index is 1.76. The van der Waals surface area contributed by atoms with Crippen molar-refractivity contribution in [3.63, 3.8) is 0 Å². The van der Waals surface area contributed by atoms with Crippen molar-refractivity contribution in [3.05, 3.63) is 67.9 Å². The molecule has 2 aromatic carbocycles. The Labute approximate surface area is 246 Å². The highest BCUT2D eigenvalue weighted by Gasteiger charge is 2.25. The first-order chi connectivity index (χ1) is 18.0. The number of hydrogen-bond acceptors (Lipinski definition) is 5. The molecule has 1 aromatic heterocycles. The zero-order valence-electron chi connectivity index (χ0n) is 22.0. The molecule has 0 aliphatic heterocycles. The van der Waals surface area contributed by atoms with Crippen molar-refractivity contribution < 1.29 is 9.59 Å². The normalized spacial score (nSPS) is 12.2. The molecule has 38 heavy (non-hydrogen) atoms. The zero-order valence-corrected chi connectivity index (χ0v) is 25.9. The second-order valence-electron chi connectivity index (χ2n) is 9.59. The van der Waals surface area contributed by atoms with E-state index in [1.165, 1.54) is 11.8 Å². The topological polar surface area (TPSA) is 88.9 Å². The summed E-state index contributed by atoms with van der Waals surface area (Å²) in [5.74, 6) is 0.913. The number of amides is 2. The first kappa shape index (κ1) is 30.5. The van der Waals surface area contributed by atoms with Gasteiger partial charge in [0.15, 0.2) is 11.0 Å². The van der Waals surface area contributed by atoms with Crippen molar-refractivity contribution in [2.24, 2.45) is 5.92 Å². The Morgan fingerprint density at radius 2 is 1.82 bits per heavy atom. The van der Waals surface area contributed by atoms with Crippen LogP contribution in [0.5, 0.6) is 0 Å². The zero-order chi connectivity index (χ0) is 28.0. The summed E-state index contributed by atoms with van der Waals surface area (Å²) in [7, 11) is 0. The second-order valence-corrected chi connectivity index (χ2v) is 12.3. The number of rotatable bonds is 11. The fourth-order valence-electron chi connectivity index (χ4n) is 4.01. The predicted octanol–water partition coefficient (Wildman–Crippen LogP) is 7.74. The van der Waals surface area contributed by atoms with E-state index in [0.29, 0.717) is 34.5 Å². The third-order valence-corrected chi connectivity index (χ3v) is 7.81. The van der Waals surface area contributed by atoms with Crippen molar-refractivity contribution in [2.75, 3.05) is 11.1 Å². The van der Waals surface area contributed by atoms with Gasteiger partial charge in [-0.1, -0.05) is 78.6 Å². The van der Waals surface area contributed by atoms with E-state index in [9.17, 15) is 9.59 Å². The number of thioether (sulfide) groups is 1. The monoisotopic (exact) mass is 639 g/mol. The molecule has 204 valence electrons. The summed E-state index contributed by atoms with van der Waals surface area (Å²) >= 11 is 17.1. The van der Waals surface area contributed by atoms with Gasteiger partial charge < -0.3 is 15.2 Å². The Morgan fingerprint density at radius 1 is 1.08 bits per heavy atom. The van der Waals surface area contributed by atoms with Crippen LogP contribution in [0.25, 0.3) is 0 Å². The molecule has 2 N–H and O–H groups in total. The van der Waals surface area contributed by atoms with Crippen molar-refractivity contribution in [2.45, 2.75) is 64.7 Å². The number of carbonyl (C=O) groups excluding carboxylic acids is 2. The maximum Gasteiger partial charge on any atom is 0.253 e. The van der Waals surface area contributed by atoms with Crippen LogP contribution in [0.15, 0.2) is 46.0 Å². The van der Waals surface area contributed by atoms with Gasteiger partial charge in [0.05, 0.1) is 22.4 Å². The van der Waals surface area contributed by atoms with Gasteiger partial charge in [-0.2, -0.15) is 0 Å². The minimum Gasteiger partial charge on any atom is -0.342 e. The van der Waals surface area contributed by atoms with E-state index >= 15 is 0 Å². The summed E-state index contributed by atoms with van der Waals surface area (Å²) < 4.78 is 2.91. The van der Waals surface area contributed by atoms with Crippen LogP contribution in [-0.4, -0.2) is 32.3 Å². The number of carbonyl (C=O) groups is 2. The summed E-state index contributed by atoms with van der Waals surface area (Å²) in [5, 5.41) is 16.2. The molecule has 3 rings (SSSR count). The SMILES string of the molecule is CCn1c(SCC(=O)Nc2ccc(Br)cc2C(C)C)nnc1[C@@H](CC(C)C)NC(=O)c1ccc(Cl)cc1Cl. The first-order valence-electron chi connectivity index (χ1n) is 12.4. The number of halogens is 3. The standard InChI is InChI=1S/C27H32BrCl2N5O2S/c1-6-35-25(23(11-15(2)3)32-26(37)19-9-8-18(29)13-21(19)30)33-34-27(35)38-14-24(36)31-22-10-7-17(28)12-20(22)16(4)5/h7-10,12-13,15-16,23H,6,11,14H2,1-5H3,(H,31,36)(H,32,37)/t23-/m1/s1. The molecule has 11 heteroatoms. The first-order valence-corrected chi connectivity index (χ1v) is 14.9. The van der Waals surface area contributed by atoms with Gasteiger partial charge >= 0.3 is 0 Å². The van der Waals surface area contributed by atoms with Gasteiger partial charge in [-0.25, -0.2) is 0 Å². The average Bonchev–Trinajstić information content (AvgIpc) is 3.25. The number of aromatic nitrogens is 3. The minimum atomic E-state index is -0.388. The molecule has 0 saturated carbocycles. The highest BCUT2D eigenvalue weighted by Crippen LogP contribution is 2.29. The lowest BCUT2D eigenvalue weighted by molar-refractivity contribution is -0.113. The molecule has 0 saturated heterocycles. The summed E-state index contributed by atoms with van der Waals surface area (Å²) in [5.41, 5.74) is 2.20. The van der Waals surface area contributed by atoms with Crippen LogP contribution in [0.2, 0.25) is 10.0 Å². The van der Waals surface area contributed by atoms with Crippen molar-refractivity contribution in [3.8, 4) is 0 Å². The molecule has 0 fully saturated rings. The molecule has 0 spiro atoms. The molecular weight excluding hydrogens is 609 g/mol. The summed E-state index contributed by atoms with van der Waals surface area (Å²) in [6.45, 7) is 10.9. The Bertz CT molecular complexity index is 1300. The largest absolute Gasteiger partial charge is 0.342 e. The van der Waals surface area contributed by atoms with Gasteiger partial charge in [0.2, 0.25) is 5.91 Å². The van der Waals surface area contributed by atoms with Gasteiger partial charge in [-0.05, 0) is 67.1 Å². The molecule has 0 radical (unpaired) electrons. The van der Waals surface area contributed by atoms with Crippen LogP contribution in [0.1, 0.15) is 74.7 Å². The maximum atomic E-state index is 13.1. The highest BCUT2D eigenvalue weighted by atomic mass is 79.9. The molecule has 0 bridgehead atoms. The van der Waals surface area contributed by atoms with Crippen LogP contribution in [0.4, 0.5) is 5.69 Å². The predicted molar refractivity (Wildman–Crippen MR) is 159 cm³/mol. The second kappa shape index (κ2) is 13.8. The number of hydrogen-bond donors (Lipinski definition) is 2. The Morgan fingerprint density at radius 3 is 2.45 bits per heavy atom. The summed E-state index contributed by atoms with van der Waals surface area (Å²) in [6.07, 6.45) is 0.655. The van der Waals surface area contributed by atoms with E-state index in [1.54, 1.807) is 18.2 Å². The molecule has 3 aromatic rings. The molecule has 7 nitrogen and oxygen atoms in total.